The number of fused-ring (bicyclic) bond motifs is 3. The minimum Gasteiger partial charge on any atom is -0.380 e. The van der Waals surface area contributed by atoms with Gasteiger partial charge in [0, 0.05) is 20.1 Å². The predicted octanol–water partition coefficient (Wildman–Crippen LogP) is 2.26. The second-order valence-electron chi connectivity index (χ2n) is 6.64. The molecule has 1 saturated heterocycles. The summed E-state index contributed by atoms with van der Waals surface area (Å²) in [5.74, 6) is 1.08. The Balaban J connectivity index is 2.10. The van der Waals surface area contributed by atoms with Crippen molar-refractivity contribution in [2.45, 2.75) is 45.3 Å². The Morgan fingerprint density at radius 1 is 1.50 bits per heavy atom. The summed E-state index contributed by atoms with van der Waals surface area (Å²) in [4.78, 5) is 23.4. The SMILES string of the molecule is COC1CN2c3nc(Cl)nc(CC(C)C)c3NC(=O)C2(C)C1. The number of anilines is 2. The molecule has 1 aromatic heterocycles. The average Bonchev–Trinajstić information content (AvgIpc) is 2.79. The molecule has 22 heavy (non-hydrogen) atoms. The Morgan fingerprint density at radius 2 is 2.23 bits per heavy atom. The summed E-state index contributed by atoms with van der Waals surface area (Å²) in [5, 5.41) is 3.21. The number of methoxy groups -OCH3 is 1. The molecule has 1 amide bonds. The fraction of sp³-hybridized carbons (Fsp3) is 0.667. The highest BCUT2D eigenvalue weighted by atomic mass is 35.5. The Bertz CT molecular complexity index is 622. The summed E-state index contributed by atoms with van der Waals surface area (Å²) < 4.78 is 5.46. The zero-order chi connectivity index (χ0) is 16.1. The van der Waals surface area contributed by atoms with Crippen molar-refractivity contribution < 1.29 is 9.53 Å². The van der Waals surface area contributed by atoms with Gasteiger partial charge in [-0.1, -0.05) is 13.8 Å². The lowest BCUT2D eigenvalue weighted by Crippen LogP contribution is -2.54. The molecule has 2 aliphatic rings. The monoisotopic (exact) mass is 324 g/mol. The van der Waals surface area contributed by atoms with Crippen LogP contribution in [0.2, 0.25) is 5.28 Å². The molecule has 0 aromatic carbocycles. The highest BCUT2D eigenvalue weighted by Crippen LogP contribution is 2.44. The molecule has 2 aliphatic heterocycles. The molecule has 3 heterocycles. The molecule has 7 heteroatoms. The van der Waals surface area contributed by atoms with Crippen LogP contribution in [-0.2, 0) is 16.0 Å². The highest BCUT2D eigenvalue weighted by molar-refractivity contribution is 6.28. The van der Waals surface area contributed by atoms with Gasteiger partial charge >= 0.3 is 0 Å². The molecule has 120 valence electrons. The average molecular weight is 325 g/mol. The van der Waals surface area contributed by atoms with Crippen LogP contribution >= 0.6 is 11.6 Å². The summed E-state index contributed by atoms with van der Waals surface area (Å²) in [6, 6.07) is 0. The molecule has 0 radical (unpaired) electrons. The maximum atomic E-state index is 12.6. The van der Waals surface area contributed by atoms with E-state index in [1.807, 2.05) is 11.8 Å². The maximum absolute atomic E-state index is 12.6. The number of nitrogens with one attached hydrogen (secondary N) is 1. The molecule has 1 fully saturated rings. The Kier molecular flexibility index (Phi) is 3.77. The fourth-order valence-corrected chi connectivity index (χ4v) is 3.47. The standard InChI is InChI=1S/C15H21ClN4O2/c1-8(2)5-10-11-12(19-14(16)17-10)20-7-9(22-4)6-15(20,3)13(21)18-11/h8-9H,5-7H2,1-4H3,(H,18,21). The van der Waals surface area contributed by atoms with Crippen molar-refractivity contribution in [3.8, 4) is 0 Å². The molecule has 3 rings (SSSR count). The summed E-state index contributed by atoms with van der Waals surface area (Å²) in [5.41, 5.74) is 0.832. The number of nitrogens with zero attached hydrogens (tertiary/aromatic N) is 3. The quantitative estimate of drug-likeness (QED) is 0.864. The van der Waals surface area contributed by atoms with Crippen molar-refractivity contribution in [2.24, 2.45) is 5.92 Å². The first-order valence-electron chi connectivity index (χ1n) is 7.53. The van der Waals surface area contributed by atoms with Crippen LogP contribution in [0.25, 0.3) is 0 Å². The summed E-state index contributed by atoms with van der Waals surface area (Å²) >= 11 is 6.11. The number of rotatable bonds is 3. The first-order valence-corrected chi connectivity index (χ1v) is 7.91. The molecule has 0 spiro atoms. The molecule has 0 bridgehead atoms. The van der Waals surface area contributed by atoms with Gasteiger partial charge in [-0.15, -0.1) is 0 Å². The number of hydrogen-bond donors (Lipinski definition) is 1. The third-order valence-corrected chi connectivity index (χ3v) is 4.63. The zero-order valence-corrected chi connectivity index (χ0v) is 14.1. The fourth-order valence-electron chi connectivity index (χ4n) is 3.29. The molecule has 0 aliphatic carbocycles. The lowest BCUT2D eigenvalue weighted by Gasteiger charge is -2.40. The molecule has 6 nitrogen and oxygen atoms in total. The van der Waals surface area contributed by atoms with Gasteiger partial charge in [-0.2, -0.15) is 4.98 Å². The van der Waals surface area contributed by atoms with E-state index in [2.05, 4.69) is 29.1 Å². The van der Waals surface area contributed by atoms with Gasteiger partial charge in [0.1, 0.15) is 11.2 Å². The van der Waals surface area contributed by atoms with Gasteiger partial charge < -0.3 is 15.0 Å². The molecular weight excluding hydrogens is 304 g/mol. The molecule has 2 atom stereocenters. The maximum Gasteiger partial charge on any atom is 0.250 e. The van der Waals surface area contributed by atoms with E-state index in [9.17, 15) is 4.79 Å². The van der Waals surface area contributed by atoms with Gasteiger partial charge in [0.05, 0.1) is 11.8 Å². The number of amides is 1. The minimum absolute atomic E-state index is 0.00369. The van der Waals surface area contributed by atoms with Gasteiger partial charge in [0.25, 0.3) is 0 Å². The first kappa shape index (κ1) is 15.5. The van der Waals surface area contributed by atoms with Crippen LogP contribution in [0.4, 0.5) is 11.5 Å². The van der Waals surface area contributed by atoms with E-state index in [0.717, 1.165) is 12.1 Å². The predicted molar refractivity (Wildman–Crippen MR) is 85.4 cm³/mol. The van der Waals surface area contributed by atoms with Crippen LogP contribution in [0, 0.1) is 5.92 Å². The van der Waals surface area contributed by atoms with Crippen LogP contribution in [-0.4, -0.2) is 41.2 Å². The van der Waals surface area contributed by atoms with Crippen LogP contribution in [0.15, 0.2) is 0 Å². The van der Waals surface area contributed by atoms with Crippen molar-refractivity contribution in [1.29, 1.82) is 0 Å². The lowest BCUT2D eigenvalue weighted by atomic mass is 9.94. The zero-order valence-electron chi connectivity index (χ0n) is 13.3. The summed E-state index contributed by atoms with van der Waals surface area (Å²) in [6.45, 7) is 6.76. The van der Waals surface area contributed by atoms with Crippen LogP contribution in [0.3, 0.4) is 0 Å². The number of aromatic nitrogens is 2. The van der Waals surface area contributed by atoms with Gasteiger partial charge in [0.2, 0.25) is 11.2 Å². The number of ether oxygens (including phenoxy) is 1. The van der Waals surface area contributed by atoms with E-state index in [1.54, 1.807) is 7.11 Å². The third kappa shape index (κ3) is 2.34. The number of halogens is 1. The Labute approximate surface area is 135 Å². The second kappa shape index (κ2) is 5.35. The van der Waals surface area contributed by atoms with E-state index in [0.29, 0.717) is 30.4 Å². The Morgan fingerprint density at radius 3 is 2.86 bits per heavy atom. The van der Waals surface area contributed by atoms with Crippen LogP contribution < -0.4 is 10.2 Å². The topological polar surface area (TPSA) is 67.3 Å². The summed E-state index contributed by atoms with van der Waals surface area (Å²) in [7, 11) is 1.67. The highest BCUT2D eigenvalue weighted by Gasteiger charge is 2.52. The number of hydrogen-bond acceptors (Lipinski definition) is 5. The first-order chi connectivity index (χ1) is 10.3. The normalized spacial score (nSPS) is 26.9. The molecule has 2 unspecified atom stereocenters. The van der Waals surface area contributed by atoms with Crippen LogP contribution in [0.1, 0.15) is 32.9 Å². The van der Waals surface area contributed by atoms with E-state index in [-0.39, 0.29) is 17.3 Å². The van der Waals surface area contributed by atoms with Crippen LogP contribution in [0.5, 0.6) is 0 Å². The van der Waals surface area contributed by atoms with Gasteiger partial charge in [-0.3, -0.25) is 4.79 Å². The van der Waals surface area contributed by atoms with E-state index < -0.39 is 5.54 Å². The van der Waals surface area contributed by atoms with Crippen molar-refractivity contribution >= 4 is 29.0 Å². The minimum atomic E-state index is -0.652. The largest absolute Gasteiger partial charge is 0.380 e. The van der Waals surface area contributed by atoms with E-state index in [1.165, 1.54) is 0 Å². The van der Waals surface area contributed by atoms with E-state index >= 15 is 0 Å². The molecular formula is C15H21ClN4O2. The molecule has 1 N–H and O–H groups in total. The number of carbonyl (C=O) groups is 1. The van der Waals surface area contributed by atoms with E-state index in [4.69, 9.17) is 16.3 Å². The van der Waals surface area contributed by atoms with Crippen molar-refractivity contribution in [3.05, 3.63) is 11.0 Å². The van der Waals surface area contributed by atoms with Gasteiger partial charge in [-0.05, 0) is 30.9 Å². The van der Waals surface area contributed by atoms with Gasteiger partial charge in [0.15, 0.2) is 5.82 Å². The third-order valence-electron chi connectivity index (χ3n) is 4.46. The van der Waals surface area contributed by atoms with Crippen molar-refractivity contribution in [3.63, 3.8) is 0 Å². The second-order valence-corrected chi connectivity index (χ2v) is 6.97. The summed E-state index contributed by atoms with van der Waals surface area (Å²) in [6.07, 6.45) is 1.38. The molecule has 0 saturated carbocycles. The molecule has 1 aromatic rings. The number of carbonyl (C=O) groups excluding carboxylic acids is 1. The lowest BCUT2D eigenvalue weighted by molar-refractivity contribution is -0.121. The van der Waals surface area contributed by atoms with Crippen molar-refractivity contribution in [2.75, 3.05) is 23.9 Å². The Hall–Kier alpha value is -1.40. The van der Waals surface area contributed by atoms with Crippen molar-refractivity contribution in [1.82, 2.24) is 9.97 Å². The van der Waals surface area contributed by atoms with Gasteiger partial charge in [-0.25, -0.2) is 4.98 Å². The smallest absolute Gasteiger partial charge is 0.250 e.